The van der Waals surface area contributed by atoms with Gasteiger partial charge >= 0.3 is 0 Å². The topological polar surface area (TPSA) is 328 Å². The minimum Gasteiger partial charge on any atom is -0.388 e. The summed E-state index contributed by atoms with van der Waals surface area (Å²) in [5.74, 6) is 1.64. The summed E-state index contributed by atoms with van der Waals surface area (Å²) in [6.45, 7) is 5.45. The number of imidazole rings is 2. The zero-order valence-corrected chi connectivity index (χ0v) is 56.2. The number of pyridine rings is 8. The number of aliphatic hydroxyl groups excluding tert-OH is 2. The number of hydrogen-bond acceptors (Lipinski definition) is 22. The molecule has 0 spiro atoms. The number of nitrogens with zero attached hydrogens (tertiary/aromatic N) is 16. The molecule has 7 aliphatic rings. The van der Waals surface area contributed by atoms with Crippen molar-refractivity contribution in [2.24, 2.45) is 13.0 Å². The van der Waals surface area contributed by atoms with E-state index in [-0.39, 0.29) is 68.0 Å². The van der Waals surface area contributed by atoms with Gasteiger partial charge in [-0.2, -0.15) is 0 Å². The molecule has 32 heteroatoms. The number of piperidine rings is 2. The van der Waals surface area contributed by atoms with Gasteiger partial charge in [-0.1, -0.05) is 0 Å². The third kappa shape index (κ3) is 12.2. The third-order valence-corrected chi connectivity index (χ3v) is 20.4. The standard InChI is InChI=1S/C25H25N9O.2C24H21F2N7O2/c1-33-6-4-16-15(2-5-28-24(16)33)23-17-9-30-25(35)22(17)18(10-29-23)31-20-12-27-13-21(32-20)34-7-3-14-8-26-11-19(14)34;2*25-15-5-7-32(12-19(15)34)13-3-4-20(27-8-13)31-17-10-28-22(14-9-30-24(35)21(14)17)18-11-29-23-16(26)2-1-6-33(18)23/h2,4-6,10,12-14,19,26H,3,7-9,11H2,1H3,(H,30,35)(H,31,32);2*1-4,6,8,10-11,15,19,34H,5,7,9,12H2,(H,27,31)(H,30,35)/t14-,19+;2*15-,19+/m010/s1. The van der Waals surface area contributed by atoms with Crippen LogP contribution in [0.5, 0.6) is 0 Å². The van der Waals surface area contributed by atoms with Crippen LogP contribution in [0.1, 0.15) is 67.0 Å². The first kappa shape index (κ1) is 66.0. The molecule has 6 atom stereocenters. The van der Waals surface area contributed by atoms with Gasteiger partial charge in [0.2, 0.25) is 0 Å². The number of β-amino-alcohol motifs (C(OH)–C–C–N with tert-alkyl or cyclic N) is 2. The van der Waals surface area contributed by atoms with E-state index in [1.165, 1.54) is 18.6 Å². The molecule has 12 aromatic rings. The second kappa shape index (κ2) is 27.2. The number of hydrogen-bond donors (Lipinski definition) is 9. The minimum absolute atomic E-state index is 0.118. The highest BCUT2D eigenvalue weighted by molar-refractivity contribution is 6.08. The van der Waals surface area contributed by atoms with Crippen molar-refractivity contribution in [3.05, 3.63) is 186 Å². The lowest BCUT2D eigenvalue weighted by Crippen LogP contribution is -2.45. The molecular formula is C73H67F4N23O5. The van der Waals surface area contributed by atoms with Crippen LogP contribution in [0.3, 0.4) is 0 Å². The third-order valence-electron chi connectivity index (χ3n) is 20.4. The number of alkyl halides is 2. The van der Waals surface area contributed by atoms with Crippen LogP contribution in [0, 0.1) is 17.6 Å². The molecule has 9 N–H and O–H groups in total. The SMILES string of the molecule is Cn1ccc2c(-c3ncc(Nc4cncc(N5CC[C@H]6CNC[C@H]65)n4)c4c3CNC4=O)ccnc21.O=C1NCc2c(-c3cnc4c(F)cccn34)ncc(Nc3ccc(N4CC[C@@H](F)[C@@H](O)C4)cn3)c21.O=C1NCc2c(-c3cnc4c(F)cccn34)ncc(Nc3ccc(N4CC[C@H](F)[C@H](O)C4)cn3)c21. The highest BCUT2D eigenvalue weighted by Gasteiger charge is 2.39. The molecule has 0 aromatic carbocycles. The number of carbonyl (C=O) groups is 3. The molecule has 7 aliphatic heterocycles. The maximum Gasteiger partial charge on any atom is 0.254 e. The quantitative estimate of drug-likeness (QED) is 0.0525. The van der Waals surface area contributed by atoms with E-state index in [0.29, 0.717) is 117 Å². The summed E-state index contributed by atoms with van der Waals surface area (Å²) in [5.41, 5.74) is 12.2. The number of nitrogens with one attached hydrogen (secondary N) is 7. The van der Waals surface area contributed by atoms with Crippen molar-refractivity contribution in [1.82, 2.24) is 84.5 Å². The smallest absolute Gasteiger partial charge is 0.254 e. The van der Waals surface area contributed by atoms with Gasteiger partial charge in [-0.25, -0.2) is 47.5 Å². The number of fused-ring (bicyclic) bond motifs is 7. The van der Waals surface area contributed by atoms with Gasteiger partial charge < -0.3 is 66.7 Å². The summed E-state index contributed by atoms with van der Waals surface area (Å²) in [5, 5.41) is 42.4. The molecule has 4 saturated heterocycles. The fraction of sp³-hybridized carbons (Fsp3) is 0.274. The van der Waals surface area contributed by atoms with Crippen molar-refractivity contribution < 1.29 is 42.2 Å². The first-order valence-electron chi connectivity index (χ1n) is 34.4. The fourth-order valence-corrected chi connectivity index (χ4v) is 15.0. The van der Waals surface area contributed by atoms with E-state index in [1.54, 1.807) is 101 Å². The van der Waals surface area contributed by atoms with Crippen LogP contribution >= 0.6 is 0 Å². The Kier molecular flexibility index (Phi) is 17.1. The number of anilines is 9. The molecule has 12 aromatic heterocycles. The van der Waals surface area contributed by atoms with Gasteiger partial charge in [-0.15, -0.1) is 0 Å². The lowest BCUT2D eigenvalue weighted by Gasteiger charge is -2.33. The second-order valence-corrected chi connectivity index (χ2v) is 26.6. The normalized spacial score (nSPS) is 20.0. The molecule has 0 aliphatic carbocycles. The zero-order chi connectivity index (χ0) is 71.7. The Labute approximate surface area is 595 Å². The Balaban J connectivity index is 0.000000116. The van der Waals surface area contributed by atoms with Crippen molar-refractivity contribution in [3.8, 4) is 34.0 Å². The van der Waals surface area contributed by atoms with Gasteiger partial charge in [0.1, 0.15) is 47.7 Å². The summed E-state index contributed by atoms with van der Waals surface area (Å²) >= 11 is 0. The maximum atomic E-state index is 14.1. The van der Waals surface area contributed by atoms with E-state index < -0.39 is 36.2 Å². The fourth-order valence-electron chi connectivity index (χ4n) is 15.0. The van der Waals surface area contributed by atoms with Gasteiger partial charge in [0.25, 0.3) is 17.7 Å². The Bertz CT molecular complexity index is 5190. The number of aromatic nitrogens is 13. The lowest BCUT2D eigenvalue weighted by molar-refractivity contribution is 0.0644. The maximum absolute atomic E-state index is 14.1. The van der Waals surface area contributed by atoms with Crippen LogP contribution in [0.4, 0.5) is 69.3 Å². The van der Waals surface area contributed by atoms with Crippen molar-refractivity contribution in [2.45, 2.75) is 69.5 Å². The molecule has 28 nitrogen and oxygen atoms in total. The number of rotatable bonds is 12. The molecule has 532 valence electrons. The van der Waals surface area contributed by atoms with Crippen molar-refractivity contribution >= 4 is 91.8 Å². The van der Waals surface area contributed by atoms with E-state index in [0.717, 1.165) is 64.7 Å². The van der Waals surface area contributed by atoms with Crippen LogP contribution in [0.25, 0.3) is 56.4 Å². The van der Waals surface area contributed by atoms with E-state index in [2.05, 4.69) is 82.0 Å². The van der Waals surface area contributed by atoms with E-state index in [4.69, 9.17) is 9.97 Å². The summed E-state index contributed by atoms with van der Waals surface area (Å²) in [6, 6.07) is 17.5. The predicted molar refractivity (Wildman–Crippen MR) is 382 cm³/mol. The molecule has 0 saturated carbocycles. The van der Waals surface area contributed by atoms with Crippen molar-refractivity contribution in [1.29, 1.82) is 0 Å². The van der Waals surface area contributed by atoms with Gasteiger partial charge in [-0.3, -0.25) is 43.1 Å². The van der Waals surface area contributed by atoms with Gasteiger partial charge in [0.05, 0.1) is 129 Å². The molecule has 0 unspecified atom stereocenters. The number of halogens is 4. The highest BCUT2D eigenvalue weighted by atomic mass is 19.1. The Morgan fingerprint density at radius 1 is 0.514 bits per heavy atom. The lowest BCUT2D eigenvalue weighted by atomic mass is 10.0. The Hall–Kier alpha value is -12.3. The second-order valence-electron chi connectivity index (χ2n) is 26.6. The molecule has 19 rings (SSSR count). The van der Waals surface area contributed by atoms with Gasteiger partial charge in [0.15, 0.2) is 28.7 Å². The Morgan fingerprint density at radius 3 is 1.56 bits per heavy atom. The van der Waals surface area contributed by atoms with Crippen LogP contribution in [-0.2, 0) is 26.7 Å². The molecule has 0 bridgehead atoms. The summed E-state index contributed by atoms with van der Waals surface area (Å²) in [6.07, 6.45) is 19.1. The van der Waals surface area contributed by atoms with E-state index in [1.807, 2.05) is 58.1 Å². The average molecular weight is 1420 g/mol. The zero-order valence-electron chi connectivity index (χ0n) is 56.2. The van der Waals surface area contributed by atoms with Crippen LogP contribution in [0.2, 0.25) is 0 Å². The summed E-state index contributed by atoms with van der Waals surface area (Å²) < 4.78 is 60.6. The van der Waals surface area contributed by atoms with E-state index in [9.17, 15) is 42.2 Å². The summed E-state index contributed by atoms with van der Waals surface area (Å²) in [4.78, 5) is 89.3. The predicted octanol–water partition coefficient (Wildman–Crippen LogP) is 7.86. The first-order valence-corrected chi connectivity index (χ1v) is 34.4. The van der Waals surface area contributed by atoms with Crippen molar-refractivity contribution in [2.75, 3.05) is 76.5 Å². The van der Waals surface area contributed by atoms with Gasteiger partial charge in [-0.05, 0) is 85.8 Å². The van der Waals surface area contributed by atoms with Gasteiger partial charge in [0, 0.05) is 131 Å². The van der Waals surface area contributed by atoms with Crippen molar-refractivity contribution in [3.63, 3.8) is 0 Å². The van der Waals surface area contributed by atoms with Crippen LogP contribution in [0.15, 0.2) is 141 Å². The monoisotopic (exact) mass is 1420 g/mol. The molecular weight excluding hydrogens is 1350 g/mol. The largest absolute Gasteiger partial charge is 0.388 e. The number of aliphatic hydroxyl groups is 2. The van der Waals surface area contributed by atoms with Crippen LogP contribution in [-0.4, -0.2) is 168 Å². The Morgan fingerprint density at radius 2 is 1.04 bits per heavy atom. The highest BCUT2D eigenvalue weighted by Crippen LogP contribution is 2.40. The summed E-state index contributed by atoms with van der Waals surface area (Å²) in [7, 11) is 1.97. The molecule has 3 amide bonds. The van der Waals surface area contributed by atoms with E-state index >= 15 is 0 Å². The number of aryl methyl sites for hydroxylation is 1. The van der Waals surface area contributed by atoms with Crippen LogP contribution < -0.4 is 51.9 Å². The molecule has 19 heterocycles. The molecule has 4 fully saturated rings. The average Bonchev–Trinajstić information content (AvgIpc) is 1.64. The number of amides is 3. The molecule has 0 radical (unpaired) electrons. The number of carbonyl (C=O) groups excluding carboxylic acids is 3. The first-order chi connectivity index (χ1) is 51.2. The molecule has 105 heavy (non-hydrogen) atoms. The minimum atomic E-state index is -1.21.